The van der Waals surface area contributed by atoms with Gasteiger partial charge in [-0.3, -0.25) is 14.5 Å². The first-order valence-corrected chi connectivity index (χ1v) is 13.3. The SMILES string of the molecule is CCOc1cccc(C2/C(=C(\O)c3ccc(OCC(C)C)c(C)c3)C(=O)C(=O)N2c2cccc(OCC)c2)c1. The lowest BCUT2D eigenvalue weighted by Gasteiger charge is -2.26. The molecule has 1 saturated heterocycles. The van der Waals surface area contributed by atoms with Gasteiger partial charge in [0, 0.05) is 17.3 Å². The smallest absolute Gasteiger partial charge is 0.300 e. The molecule has 7 nitrogen and oxygen atoms in total. The molecule has 7 heteroatoms. The number of aliphatic hydroxyl groups is 1. The largest absolute Gasteiger partial charge is 0.507 e. The Morgan fingerprint density at radius 3 is 2.21 bits per heavy atom. The molecule has 39 heavy (non-hydrogen) atoms. The number of aliphatic hydroxyl groups excluding tert-OH is 1. The molecular formula is C32H35NO6. The van der Waals surface area contributed by atoms with Crippen molar-refractivity contribution in [2.45, 2.75) is 40.7 Å². The van der Waals surface area contributed by atoms with Crippen molar-refractivity contribution < 1.29 is 28.9 Å². The lowest BCUT2D eigenvalue weighted by molar-refractivity contribution is -0.132. The molecule has 1 fully saturated rings. The zero-order valence-corrected chi connectivity index (χ0v) is 23.1. The summed E-state index contributed by atoms with van der Waals surface area (Å²) in [6, 6.07) is 18.6. The van der Waals surface area contributed by atoms with Gasteiger partial charge >= 0.3 is 0 Å². The van der Waals surface area contributed by atoms with Crippen LogP contribution < -0.4 is 19.1 Å². The molecule has 0 aliphatic carbocycles. The van der Waals surface area contributed by atoms with E-state index in [9.17, 15) is 14.7 Å². The highest BCUT2D eigenvalue weighted by Crippen LogP contribution is 2.43. The van der Waals surface area contributed by atoms with Gasteiger partial charge in [0.2, 0.25) is 0 Å². The van der Waals surface area contributed by atoms with Crippen molar-refractivity contribution in [3.63, 3.8) is 0 Å². The first-order chi connectivity index (χ1) is 18.7. The zero-order valence-electron chi connectivity index (χ0n) is 23.1. The summed E-state index contributed by atoms with van der Waals surface area (Å²) in [5.41, 5.74) is 2.37. The molecule has 0 spiro atoms. The quantitative estimate of drug-likeness (QED) is 0.184. The van der Waals surface area contributed by atoms with E-state index in [1.165, 1.54) is 4.90 Å². The number of ketones is 1. The van der Waals surface area contributed by atoms with Crippen LogP contribution in [-0.2, 0) is 9.59 Å². The number of benzene rings is 3. The number of ether oxygens (including phenoxy) is 3. The number of aryl methyl sites for hydroxylation is 1. The second-order valence-electron chi connectivity index (χ2n) is 9.79. The van der Waals surface area contributed by atoms with Crippen LogP contribution in [0.15, 0.2) is 72.3 Å². The minimum Gasteiger partial charge on any atom is -0.507 e. The van der Waals surface area contributed by atoms with Crippen molar-refractivity contribution in [2.24, 2.45) is 5.92 Å². The van der Waals surface area contributed by atoms with Crippen LogP contribution in [0.3, 0.4) is 0 Å². The third-order valence-electron chi connectivity index (χ3n) is 6.36. The van der Waals surface area contributed by atoms with E-state index in [2.05, 4.69) is 13.8 Å². The molecule has 1 amide bonds. The fraction of sp³-hybridized carbons (Fsp3) is 0.312. The Bertz CT molecular complexity index is 1390. The van der Waals surface area contributed by atoms with E-state index in [-0.39, 0.29) is 11.3 Å². The second kappa shape index (κ2) is 12.1. The first kappa shape index (κ1) is 27.8. The Labute approximate surface area is 229 Å². The summed E-state index contributed by atoms with van der Waals surface area (Å²) in [6.07, 6.45) is 0. The maximum Gasteiger partial charge on any atom is 0.300 e. The summed E-state index contributed by atoms with van der Waals surface area (Å²) in [7, 11) is 0. The van der Waals surface area contributed by atoms with E-state index in [0.29, 0.717) is 59.8 Å². The Morgan fingerprint density at radius 2 is 1.56 bits per heavy atom. The summed E-state index contributed by atoms with van der Waals surface area (Å²) in [4.78, 5) is 28.5. The van der Waals surface area contributed by atoms with E-state index in [1.54, 1.807) is 48.5 Å². The molecule has 1 N–H and O–H groups in total. The molecule has 1 aliphatic heterocycles. The van der Waals surface area contributed by atoms with E-state index in [1.807, 2.05) is 39.0 Å². The third kappa shape index (κ3) is 5.93. The topological polar surface area (TPSA) is 85.3 Å². The molecule has 1 aliphatic rings. The van der Waals surface area contributed by atoms with Gasteiger partial charge in [-0.25, -0.2) is 0 Å². The van der Waals surface area contributed by atoms with Crippen LogP contribution >= 0.6 is 0 Å². The molecule has 0 saturated carbocycles. The predicted octanol–water partition coefficient (Wildman–Crippen LogP) is 6.45. The number of rotatable bonds is 10. The average molecular weight is 530 g/mol. The maximum absolute atomic E-state index is 13.5. The maximum atomic E-state index is 13.5. The van der Waals surface area contributed by atoms with Crippen LogP contribution in [0.2, 0.25) is 0 Å². The second-order valence-corrected chi connectivity index (χ2v) is 9.79. The minimum absolute atomic E-state index is 0.00529. The minimum atomic E-state index is -0.876. The van der Waals surface area contributed by atoms with Crippen molar-refractivity contribution in [3.8, 4) is 17.2 Å². The highest BCUT2D eigenvalue weighted by atomic mass is 16.5. The number of hydrogen-bond acceptors (Lipinski definition) is 6. The number of Topliss-reactive ketones (excluding diaryl/α,β-unsaturated/α-hetero) is 1. The number of carbonyl (C=O) groups is 2. The van der Waals surface area contributed by atoms with E-state index >= 15 is 0 Å². The van der Waals surface area contributed by atoms with Gasteiger partial charge < -0.3 is 19.3 Å². The summed E-state index contributed by atoms with van der Waals surface area (Å²) in [5, 5.41) is 11.5. The molecule has 0 radical (unpaired) electrons. The van der Waals surface area contributed by atoms with Crippen molar-refractivity contribution in [2.75, 3.05) is 24.7 Å². The Hall–Kier alpha value is -4.26. The summed E-state index contributed by atoms with van der Waals surface area (Å²) < 4.78 is 17.2. The molecule has 3 aromatic carbocycles. The number of nitrogens with zero attached hydrogens (tertiary/aromatic N) is 1. The highest BCUT2D eigenvalue weighted by molar-refractivity contribution is 6.51. The molecule has 4 rings (SSSR count). The Morgan fingerprint density at radius 1 is 0.897 bits per heavy atom. The van der Waals surface area contributed by atoms with Crippen molar-refractivity contribution in [3.05, 3.63) is 89.0 Å². The molecular weight excluding hydrogens is 494 g/mol. The number of anilines is 1. The number of carbonyl (C=O) groups excluding carboxylic acids is 2. The van der Waals surface area contributed by atoms with Crippen LogP contribution in [0.1, 0.15) is 50.4 Å². The van der Waals surface area contributed by atoms with Crippen LogP contribution in [0.4, 0.5) is 5.69 Å². The van der Waals surface area contributed by atoms with Gasteiger partial charge in [-0.15, -0.1) is 0 Å². The van der Waals surface area contributed by atoms with Crippen LogP contribution in [-0.4, -0.2) is 36.6 Å². The molecule has 204 valence electrons. The Kier molecular flexibility index (Phi) is 8.59. The van der Waals surface area contributed by atoms with Crippen molar-refractivity contribution in [1.82, 2.24) is 0 Å². The zero-order chi connectivity index (χ0) is 28.1. The summed E-state index contributed by atoms with van der Waals surface area (Å²) >= 11 is 0. The van der Waals surface area contributed by atoms with Crippen molar-refractivity contribution in [1.29, 1.82) is 0 Å². The normalized spacial score (nSPS) is 16.6. The van der Waals surface area contributed by atoms with Gasteiger partial charge in [-0.2, -0.15) is 0 Å². The average Bonchev–Trinajstić information content (AvgIpc) is 3.18. The molecule has 0 aromatic heterocycles. The fourth-order valence-electron chi connectivity index (χ4n) is 4.62. The molecule has 1 unspecified atom stereocenters. The molecule has 0 bridgehead atoms. The van der Waals surface area contributed by atoms with E-state index in [4.69, 9.17) is 14.2 Å². The van der Waals surface area contributed by atoms with Gasteiger partial charge in [0.15, 0.2) is 0 Å². The standard InChI is InChI=1S/C32H35NO6/c1-6-37-25-12-8-10-22(17-25)29-28(30(34)23-14-15-27(21(5)16-23)39-19-20(3)4)31(35)32(36)33(29)24-11-9-13-26(18-24)38-7-2/h8-18,20,29,34H,6-7,19H2,1-5H3/b30-28+. The first-order valence-electron chi connectivity index (χ1n) is 13.3. The number of amides is 1. The monoisotopic (exact) mass is 529 g/mol. The lowest BCUT2D eigenvalue weighted by Crippen LogP contribution is -2.29. The van der Waals surface area contributed by atoms with Crippen LogP contribution in [0, 0.1) is 12.8 Å². The number of hydrogen-bond donors (Lipinski definition) is 1. The fourth-order valence-corrected chi connectivity index (χ4v) is 4.62. The molecule has 1 heterocycles. The molecule has 1 atom stereocenters. The van der Waals surface area contributed by atoms with Gasteiger partial charge in [0.25, 0.3) is 11.7 Å². The molecule has 3 aromatic rings. The van der Waals surface area contributed by atoms with Crippen LogP contribution in [0.25, 0.3) is 5.76 Å². The third-order valence-corrected chi connectivity index (χ3v) is 6.36. The van der Waals surface area contributed by atoms with Crippen LogP contribution in [0.5, 0.6) is 17.2 Å². The predicted molar refractivity (Wildman–Crippen MR) is 152 cm³/mol. The van der Waals surface area contributed by atoms with Gasteiger partial charge in [0.1, 0.15) is 23.0 Å². The van der Waals surface area contributed by atoms with E-state index < -0.39 is 17.7 Å². The summed E-state index contributed by atoms with van der Waals surface area (Å²) in [5.74, 6) is 0.501. The summed E-state index contributed by atoms with van der Waals surface area (Å²) in [6.45, 7) is 11.3. The highest BCUT2D eigenvalue weighted by Gasteiger charge is 2.47. The lowest BCUT2D eigenvalue weighted by atomic mass is 9.94. The van der Waals surface area contributed by atoms with Gasteiger partial charge in [-0.1, -0.05) is 32.0 Å². The van der Waals surface area contributed by atoms with Gasteiger partial charge in [-0.05, 0) is 80.3 Å². The Balaban J connectivity index is 1.86. The van der Waals surface area contributed by atoms with E-state index in [0.717, 1.165) is 5.56 Å². The van der Waals surface area contributed by atoms with Crippen molar-refractivity contribution >= 4 is 23.1 Å². The van der Waals surface area contributed by atoms with Gasteiger partial charge in [0.05, 0.1) is 31.4 Å².